The van der Waals surface area contributed by atoms with Gasteiger partial charge < -0.3 is 15.5 Å². The van der Waals surface area contributed by atoms with Crippen LogP contribution in [0.4, 0.5) is 0 Å². The van der Waals surface area contributed by atoms with E-state index < -0.39 is 0 Å². The number of rotatable bonds is 4. The van der Waals surface area contributed by atoms with Crippen LogP contribution in [0.25, 0.3) is 0 Å². The van der Waals surface area contributed by atoms with Gasteiger partial charge in [-0.1, -0.05) is 0 Å². The fraction of sp³-hybridized carbons (Fsp3) is 1.00. The van der Waals surface area contributed by atoms with E-state index in [0.29, 0.717) is 6.04 Å². The van der Waals surface area contributed by atoms with Crippen LogP contribution in [0.2, 0.25) is 0 Å². The zero-order valence-electron chi connectivity index (χ0n) is 12.3. The molecule has 1 unspecified atom stereocenters. The molecule has 0 aliphatic carbocycles. The van der Waals surface area contributed by atoms with E-state index >= 15 is 0 Å². The molecule has 18 heavy (non-hydrogen) atoms. The van der Waals surface area contributed by atoms with Gasteiger partial charge in [0.1, 0.15) is 0 Å². The quantitative estimate of drug-likeness (QED) is 0.758. The van der Waals surface area contributed by atoms with Crippen molar-refractivity contribution in [3.05, 3.63) is 0 Å². The monoisotopic (exact) mass is 254 g/mol. The minimum atomic E-state index is 0.276. The van der Waals surface area contributed by atoms with E-state index in [1.165, 1.54) is 45.6 Å². The van der Waals surface area contributed by atoms with Crippen LogP contribution >= 0.6 is 0 Å². The fourth-order valence-electron chi connectivity index (χ4n) is 2.94. The van der Waals surface area contributed by atoms with Gasteiger partial charge in [0.15, 0.2) is 0 Å². The summed E-state index contributed by atoms with van der Waals surface area (Å²) in [6.45, 7) is 13.0. The van der Waals surface area contributed by atoms with Crippen LogP contribution in [0.15, 0.2) is 0 Å². The maximum absolute atomic E-state index is 3.75. The van der Waals surface area contributed by atoms with Crippen LogP contribution in [-0.2, 0) is 0 Å². The average molecular weight is 254 g/mol. The largest absolute Gasteiger partial charge is 0.315 e. The third-order valence-electron chi connectivity index (χ3n) is 4.48. The summed E-state index contributed by atoms with van der Waals surface area (Å²) in [6, 6.07) is 0.672. The van der Waals surface area contributed by atoms with E-state index in [2.05, 4.69) is 41.3 Å². The van der Waals surface area contributed by atoms with Crippen LogP contribution in [0.5, 0.6) is 0 Å². The lowest BCUT2D eigenvalue weighted by Crippen LogP contribution is -2.59. The van der Waals surface area contributed by atoms with Crippen LogP contribution in [0.1, 0.15) is 26.7 Å². The van der Waals surface area contributed by atoms with E-state index in [9.17, 15) is 0 Å². The highest BCUT2D eigenvalue weighted by molar-refractivity contribution is 4.89. The molecule has 2 aliphatic rings. The average Bonchev–Trinajstić information content (AvgIpc) is 2.38. The van der Waals surface area contributed by atoms with E-state index in [1.807, 2.05) is 0 Å². The first-order valence-electron chi connectivity index (χ1n) is 7.46. The highest BCUT2D eigenvalue weighted by Crippen LogP contribution is 2.16. The van der Waals surface area contributed by atoms with E-state index in [0.717, 1.165) is 13.1 Å². The predicted molar refractivity (Wildman–Crippen MR) is 77.0 cm³/mol. The van der Waals surface area contributed by atoms with Gasteiger partial charge in [0.05, 0.1) is 0 Å². The van der Waals surface area contributed by atoms with Gasteiger partial charge in [-0.15, -0.1) is 0 Å². The molecule has 0 bridgehead atoms. The Morgan fingerprint density at radius 3 is 2.56 bits per heavy atom. The minimum absolute atomic E-state index is 0.276. The maximum atomic E-state index is 3.75. The summed E-state index contributed by atoms with van der Waals surface area (Å²) in [5.74, 6) is 0. The molecule has 0 spiro atoms. The Labute approximate surface area is 112 Å². The number of nitrogens with one attached hydrogen (secondary N) is 2. The van der Waals surface area contributed by atoms with Gasteiger partial charge in [-0.05, 0) is 40.3 Å². The molecular formula is C14H30N4. The summed E-state index contributed by atoms with van der Waals surface area (Å²) in [5, 5.41) is 7.23. The standard InChI is InChI=1S/C14H30N4/c1-14(2,18-9-7-17(3)8-10-18)12-16-13-5-4-6-15-11-13/h13,15-16H,4-12H2,1-3H3. The molecule has 0 saturated carbocycles. The van der Waals surface area contributed by atoms with Crippen LogP contribution in [0, 0.1) is 0 Å². The van der Waals surface area contributed by atoms with Crippen LogP contribution < -0.4 is 10.6 Å². The van der Waals surface area contributed by atoms with Crippen molar-refractivity contribution >= 4 is 0 Å². The molecule has 2 rings (SSSR count). The number of hydrogen-bond acceptors (Lipinski definition) is 4. The summed E-state index contributed by atoms with van der Waals surface area (Å²) in [6.07, 6.45) is 2.64. The summed E-state index contributed by atoms with van der Waals surface area (Å²) >= 11 is 0. The third kappa shape index (κ3) is 3.92. The Kier molecular flexibility index (Phi) is 5.01. The van der Waals surface area contributed by atoms with Gasteiger partial charge in [0.2, 0.25) is 0 Å². The topological polar surface area (TPSA) is 30.5 Å². The highest BCUT2D eigenvalue weighted by Gasteiger charge is 2.29. The number of hydrogen-bond donors (Lipinski definition) is 2. The highest BCUT2D eigenvalue weighted by atomic mass is 15.3. The van der Waals surface area contributed by atoms with Crippen molar-refractivity contribution in [3.8, 4) is 0 Å². The molecule has 2 saturated heterocycles. The Morgan fingerprint density at radius 1 is 1.22 bits per heavy atom. The SMILES string of the molecule is CN1CCN(C(C)(C)CNC2CCCNC2)CC1. The summed E-state index contributed by atoms with van der Waals surface area (Å²) in [7, 11) is 2.22. The van der Waals surface area contributed by atoms with Gasteiger partial charge in [0, 0.05) is 50.8 Å². The van der Waals surface area contributed by atoms with E-state index in [-0.39, 0.29) is 5.54 Å². The second-order valence-electron chi connectivity index (χ2n) is 6.53. The van der Waals surface area contributed by atoms with Gasteiger partial charge in [-0.3, -0.25) is 4.90 Å². The molecule has 4 heteroatoms. The molecule has 0 amide bonds. The second-order valence-corrected chi connectivity index (χ2v) is 6.53. The number of likely N-dealkylation sites (N-methyl/N-ethyl adjacent to an activating group) is 1. The Bertz CT molecular complexity index is 240. The molecule has 2 fully saturated rings. The molecule has 0 aromatic carbocycles. The van der Waals surface area contributed by atoms with Crippen molar-refractivity contribution in [1.82, 2.24) is 20.4 Å². The molecule has 0 radical (unpaired) electrons. The fourth-order valence-corrected chi connectivity index (χ4v) is 2.94. The molecule has 1 atom stereocenters. The zero-order valence-corrected chi connectivity index (χ0v) is 12.3. The maximum Gasteiger partial charge on any atom is 0.0278 e. The summed E-state index contributed by atoms with van der Waals surface area (Å²) in [5.41, 5.74) is 0.276. The lowest BCUT2D eigenvalue weighted by molar-refractivity contribution is 0.0595. The first-order valence-corrected chi connectivity index (χ1v) is 7.46. The predicted octanol–water partition coefficient (Wildman–Crippen LogP) is 0.354. The van der Waals surface area contributed by atoms with Gasteiger partial charge >= 0.3 is 0 Å². The summed E-state index contributed by atoms with van der Waals surface area (Å²) in [4.78, 5) is 5.06. The van der Waals surface area contributed by atoms with Crippen molar-refractivity contribution < 1.29 is 0 Å². The molecule has 2 heterocycles. The molecular weight excluding hydrogens is 224 g/mol. The Hall–Kier alpha value is -0.160. The molecule has 4 nitrogen and oxygen atoms in total. The molecule has 2 N–H and O–H groups in total. The number of piperidine rings is 1. The Morgan fingerprint density at radius 2 is 1.94 bits per heavy atom. The third-order valence-corrected chi connectivity index (χ3v) is 4.48. The second kappa shape index (κ2) is 6.33. The van der Waals surface area contributed by atoms with Gasteiger partial charge in [-0.2, -0.15) is 0 Å². The van der Waals surface area contributed by atoms with Gasteiger partial charge in [0.25, 0.3) is 0 Å². The smallest absolute Gasteiger partial charge is 0.0278 e. The first-order chi connectivity index (χ1) is 8.58. The molecule has 2 aliphatic heterocycles. The van der Waals surface area contributed by atoms with Crippen molar-refractivity contribution in [2.45, 2.75) is 38.3 Å². The Balaban J connectivity index is 1.75. The van der Waals surface area contributed by atoms with Gasteiger partial charge in [-0.25, -0.2) is 0 Å². The van der Waals surface area contributed by atoms with Crippen molar-refractivity contribution in [2.75, 3.05) is 52.9 Å². The number of piperazine rings is 1. The van der Waals surface area contributed by atoms with Crippen molar-refractivity contribution in [2.24, 2.45) is 0 Å². The van der Waals surface area contributed by atoms with Crippen LogP contribution in [0.3, 0.4) is 0 Å². The lowest BCUT2D eigenvalue weighted by atomic mass is 9.99. The number of nitrogens with zero attached hydrogens (tertiary/aromatic N) is 2. The summed E-state index contributed by atoms with van der Waals surface area (Å²) < 4.78 is 0. The molecule has 106 valence electrons. The zero-order chi connectivity index (χ0) is 13.0. The van der Waals surface area contributed by atoms with E-state index in [4.69, 9.17) is 0 Å². The lowest BCUT2D eigenvalue weighted by Gasteiger charge is -2.44. The normalized spacial score (nSPS) is 28.5. The molecule has 0 aromatic heterocycles. The van der Waals surface area contributed by atoms with Crippen molar-refractivity contribution in [1.29, 1.82) is 0 Å². The van der Waals surface area contributed by atoms with E-state index in [1.54, 1.807) is 0 Å². The minimum Gasteiger partial charge on any atom is -0.315 e. The first kappa shape index (κ1) is 14.3. The molecule has 0 aromatic rings. The van der Waals surface area contributed by atoms with Crippen LogP contribution in [-0.4, -0.2) is 74.2 Å². The van der Waals surface area contributed by atoms with Crippen molar-refractivity contribution in [3.63, 3.8) is 0 Å².